The van der Waals surface area contributed by atoms with Crippen LogP contribution in [-0.4, -0.2) is 37.7 Å². The molecular formula is C16H22F6IN3. The van der Waals surface area contributed by atoms with Gasteiger partial charge in [-0.2, -0.15) is 26.3 Å². The van der Waals surface area contributed by atoms with E-state index in [1.807, 2.05) is 0 Å². The molecule has 0 unspecified atom stereocenters. The number of nitrogens with one attached hydrogen (secondary N) is 1. The third-order valence-electron chi connectivity index (χ3n) is 3.44. The largest absolute Gasteiger partial charge is 0.416 e. The molecule has 0 radical (unpaired) electrons. The molecular weight excluding hydrogens is 475 g/mol. The molecule has 0 bridgehead atoms. The highest BCUT2D eigenvalue weighted by molar-refractivity contribution is 14.0. The summed E-state index contributed by atoms with van der Waals surface area (Å²) in [4.78, 5) is 5.70. The van der Waals surface area contributed by atoms with Gasteiger partial charge < -0.3 is 10.2 Å². The van der Waals surface area contributed by atoms with Crippen molar-refractivity contribution in [1.82, 2.24) is 10.2 Å². The molecule has 0 amide bonds. The van der Waals surface area contributed by atoms with Gasteiger partial charge in [0.05, 0.1) is 5.56 Å². The molecule has 1 aromatic carbocycles. The van der Waals surface area contributed by atoms with Crippen LogP contribution in [0.2, 0.25) is 0 Å². The maximum Gasteiger partial charge on any atom is 0.416 e. The first-order chi connectivity index (χ1) is 11.5. The van der Waals surface area contributed by atoms with Gasteiger partial charge in [0.1, 0.15) is 0 Å². The quantitative estimate of drug-likeness (QED) is 0.196. The van der Waals surface area contributed by atoms with Crippen LogP contribution in [0.3, 0.4) is 0 Å². The highest BCUT2D eigenvalue weighted by Gasteiger charge is 2.30. The van der Waals surface area contributed by atoms with E-state index in [1.54, 1.807) is 11.9 Å². The van der Waals surface area contributed by atoms with Crippen LogP contribution < -0.4 is 5.32 Å². The molecule has 0 aliphatic carbocycles. The molecule has 0 saturated heterocycles. The van der Waals surface area contributed by atoms with Gasteiger partial charge in [-0.25, -0.2) is 0 Å². The number of aliphatic imine (C=N–C) groups is 1. The van der Waals surface area contributed by atoms with Gasteiger partial charge in [-0.1, -0.05) is 12.1 Å². The smallest absolute Gasteiger partial charge is 0.356 e. The SMILES string of the molecule is CN=C(NCCCCC(F)(F)F)N(C)Cc1ccc(C(F)(F)F)cc1.I. The Morgan fingerprint density at radius 2 is 1.62 bits per heavy atom. The number of guanidine groups is 1. The van der Waals surface area contributed by atoms with Crippen molar-refractivity contribution in [2.75, 3.05) is 20.6 Å². The molecule has 150 valence electrons. The third kappa shape index (κ3) is 9.48. The van der Waals surface area contributed by atoms with Gasteiger partial charge in [-0.3, -0.25) is 4.99 Å². The highest BCUT2D eigenvalue weighted by atomic mass is 127. The summed E-state index contributed by atoms with van der Waals surface area (Å²) >= 11 is 0. The molecule has 3 nitrogen and oxygen atoms in total. The zero-order valence-electron chi connectivity index (χ0n) is 14.4. The molecule has 26 heavy (non-hydrogen) atoms. The van der Waals surface area contributed by atoms with Crippen molar-refractivity contribution < 1.29 is 26.3 Å². The zero-order chi connectivity index (χ0) is 19.1. The van der Waals surface area contributed by atoms with Crippen molar-refractivity contribution in [2.24, 2.45) is 4.99 Å². The maximum absolute atomic E-state index is 12.5. The van der Waals surface area contributed by atoms with Crippen molar-refractivity contribution in [3.63, 3.8) is 0 Å². The first kappa shape index (κ1) is 24.8. The molecule has 1 N–H and O–H groups in total. The predicted molar refractivity (Wildman–Crippen MR) is 99.6 cm³/mol. The lowest BCUT2D eigenvalue weighted by Gasteiger charge is -2.22. The van der Waals surface area contributed by atoms with Crippen molar-refractivity contribution in [1.29, 1.82) is 0 Å². The molecule has 0 aliphatic heterocycles. The van der Waals surface area contributed by atoms with E-state index in [2.05, 4.69) is 10.3 Å². The Labute approximate surface area is 165 Å². The van der Waals surface area contributed by atoms with Crippen molar-refractivity contribution >= 4 is 29.9 Å². The van der Waals surface area contributed by atoms with E-state index in [1.165, 1.54) is 19.2 Å². The van der Waals surface area contributed by atoms with Gasteiger partial charge in [0.2, 0.25) is 0 Å². The van der Waals surface area contributed by atoms with Gasteiger partial charge in [-0.15, -0.1) is 24.0 Å². The number of hydrogen-bond acceptors (Lipinski definition) is 1. The number of benzene rings is 1. The van der Waals surface area contributed by atoms with Crippen LogP contribution in [0.1, 0.15) is 30.4 Å². The standard InChI is InChI=1S/C16H21F6N3.HI/c1-23-14(24-10-4-3-9-15(17,18)19)25(2)11-12-5-7-13(8-6-12)16(20,21)22;/h5-8H,3-4,9-11H2,1-2H3,(H,23,24);1H. The molecule has 0 spiro atoms. The van der Waals surface area contributed by atoms with Gasteiger partial charge >= 0.3 is 12.4 Å². The van der Waals surface area contributed by atoms with Crippen LogP contribution in [0.15, 0.2) is 29.3 Å². The Morgan fingerprint density at radius 1 is 1.04 bits per heavy atom. The Balaban J connectivity index is 0.00000625. The second-order valence-corrected chi connectivity index (χ2v) is 5.60. The lowest BCUT2D eigenvalue weighted by molar-refractivity contribution is -0.137. The first-order valence-electron chi connectivity index (χ1n) is 7.67. The fourth-order valence-corrected chi connectivity index (χ4v) is 2.18. The summed E-state index contributed by atoms with van der Waals surface area (Å²) in [6.45, 7) is 0.653. The number of rotatable bonds is 6. The molecule has 0 heterocycles. The molecule has 1 rings (SSSR count). The zero-order valence-corrected chi connectivity index (χ0v) is 16.7. The van der Waals surface area contributed by atoms with Crippen LogP contribution in [0, 0.1) is 0 Å². The van der Waals surface area contributed by atoms with E-state index < -0.39 is 24.3 Å². The van der Waals surface area contributed by atoms with Crippen LogP contribution in [0.4, 0.5) is 26.3 Å². The minimum atomic E-state index is -4.38. The minimum Gasteiger partial charge on any atom is -0.356 e. The summed E-state index contributed by atoms with van der Waals surface area (Å²) in [6, 6.07) is 4.79. The molecule has 1 aromatic rings. The van der Waals surface area contributed by atoms with E-state index in [0.717, 1.165) is 12.1 Å². The Bertz CT molecular complexity index is 555. The number of halogens is 7. The van der Waals surface area contributed by atoms with Gasteiger partial charge in [0.25, 0.3) is 0 Å². The summed E-state index contributed by atoms with van der Waals surface area (Å²) in [6.07, 6.45) is -8.99. The van der Waals surface area contributed by atoms with Crippen LogP contribution in [0.25, 0.3) is 0 Å². The molecule has 0 fully saturated rings. The topological polar surface area (TPSA) is 27.6 Å². The van der Waals surface area contributed by atoms with E-state index >= 15 is 0 Å². The average Bonchev–Trinajstić information content (AvgIpc) is 2.49. The van der Waals surface area contributed by atoms with Crippen molar-refractivity contribution in [3.8, 4) is 0 Å². The Hall–Kier alpha value is -1.20. The Kier molecular flexibility index (Phi) is 10.3. The van der Waals surface area contributed by atoms with Crippen LogP contribution in [0.5, 0.6) is 0 Å². The summed E-state index contributed by atoms with van der Waals surface area (Å²) in [5.74, 6) is 0.465. The average molecular weight is 497 g/mol. The lowest BCUT2D eigenvalue weighted by atomic mass is 10.1. The van der Waals surface area contributed by atoms with Gasteiger partial charge in [-0.05, 0) is 30.5 Å². The second kappa shape index (κ2) is 10.8. The van der Waals surface area contributed by atoms with Crippen LogP contribution >= 0.6 is 24.0 Å². The normalized spacial score (nSPS) is 12.5. The van der Waals surface area contributed by atoms with E-state index in [-0.39, 0.29) is 30.4 Å². The fourth-order valence-electron chi connectivity index (χ4n) is 2.18. The molecule has 0 aliphatic rings. The van der Waals surface area contributed by atoms with E-state index in [0.29, 0.717) is 31.0 Å². The fraction of sp³-hybridized carbons (Fsp3) is 0.562. The first-order valence-corrected chi connectivity index (χ1v) is 7.67. The Morgan fingerprint density at radius 3 is 2.08 bits per heavy atom. The van der Waals surface area contributed by atoms with Crippen molar-refractivity contribution in [3.05, 3.63) is 35.4 Å². The molecule has 0 atom stereocenters. The monoisotopic (exact) mass is 497 g/mol. The molecule has 0 aromatic heterocycles. The summed E-state index contributed by atoms with van der Waals surface area (Å²) < 4.78 is 73.8. The van der Waals surface area contributed by atoms with Gasteiger partial charge in [0.15, 0.2) is 5.96 Å². The number of unbranched alkanes of at least 4 members (excludes halogenated alkanes) is 1. The maximum atomic E-state index is 12.5. The lowest BCUT2D eigenvalue weighted by Crippen LogP contribution is -2.38. The van der Waals surface area contributed by atoms with E-state index in [9.17, 15) is 26.3 Å². The minimum absolute atomic E-state index is 0. The number of nitrogens with zero attached hydrogens (tertiary/aromatic N) is 2. The van der Waals surface area contributed by atoms with Gasteiger partial charge in [0, 0.05) is 33.6 Å². The van der Waals surface area contributed by atoms with Crippen molar-refractivity contribution in [2.45, 2.75) is 38.2 Å². The third-order valence-corrected chi connectivity index (χ3v) is 3.44. The number of hydrogen-bond donors (Lipinski definition) is 1. The molecule has 10 heteroatoms. The highest BCUT2D eigenvalue weighted by Crippen LogP contribution is 2.29. The molecule has 0 saturated carbocycles. The van der Waals surface area contributed by atoms with Crippen LogP contribution in [-0.2, 0) is 12.7 Å². The second-order valence-electron chi connectivity index (χ2n) is 5.60. The summed E-state index contributed by atoms with van der Waals surface area (Å²) in [5, 5.41) is 2.94. The number of alkyl halides is 6. The summed E-state index contributed by atoms with van der Waals surface area (Å²) in [7, 11) is 3.23. The predicted octanol–water partition coefficient (Wildman–Crippen LogP) is 5.06. The van der Waals surface area contributed by atoms with E-state index in [4.69, 9.17) is 0 Å². The summed E-state index contributed by atoms with van der Waals surface area (Å²) in [5.41, 5.74) is -0.0541.